The largest absolute Gasteiger partial charge is 0.481 e. The van der Waals surface area contributed by atoms with Crippen molar-refractivity contribution in [2.45, 2.75) is 12.5 Å². The zero-order valence-corrected chi connectivity index (χ0v) is 9.96. The molecule has 1 unspecified atom stereocenters. The van der Waals surface area contributed by atoms with Crippen LogP contribution in [-0.4, -0.2) is 29.2 Å². The van der Waals surface area contributed by atoms with Crippen LogP contribution in [-0.2, 0) is 11.2 Å². The van der Waals surface area contributed by atoms with Gasteiger partial charge in [0.1, 0.15) is 6.04 Å². The molecule has 0 aliphatic heterocycles. The molecule has 0 bridgehead atoms. The molecule has 5 heteroatoms. The van der Waals surface area contributed by atoms with E-state index in [1.807, 2.05) is 24.3 Å². The third-order valence-electron chi connectivity index (χ3n) is 2.76. The highest BCUT2D eigenvalue weighted by atomic mass is 16.5. The lowest BCUT2D eigenvalue weighted by Crippen LogP contribution is -2.32. The molecule has 2 aromatic rings. The van der Waals surface area contributed by atoms with Gasteiger partial charge in [0.05, 0.1) is 7.11 Å². The van der Waals surface area contributed by atoms with Gasteiger partial charge < -0.3 is 15.6 Å². The van der Waals surface area contributed by atoms with Crippen molar-refractivity contribution >= 4 is 16.7 Å². The van der Waals surface area contributed by atoms with Crippen LogP contribution in [0.3, 0.4) is 0 Å². The third-order valence-corrected chi connectivity index (χ3v) is 2.76. The smallest absolute Gasteiger partial charge is 0.320 e. The fraction of sp³-hybridized carbons (Fsp3) is 0.231. The van der Waals surface area contributed by atoms with Gasteiger partial charge in [-0.2, -0.15) is 0 Å². The van der Waals surface area contributed by atoms with Crippen molar-refractivity contribution in [2.24, 2.45) is 5.73 Å². The summed E-state index contributed by atoms with van der Waals surface area (Å²) in [7, 11) is 1.55. The van der Waals surface area contributed by atoms with Crippen LogP contribution in [0.2, 0.25) is 0 Å². The average molecular weight is 246 g/mol. The van der Waals surface area contributed by atoms with Gasteiger partial charge >= 0.3 is 5.97 Å². The number of pyridine rings is 1. The molecular weight excluding hydrogens is 232 g/mol. The first-order valence-corrected chi connectivity index (χ1v) is 5.52. The van der Waals surface area contributed by atoms with E-state index in [9.17, 15) is 4.79 Å². The number of aromatic nitrogens is 1. The number of rotatable bonds is 4. The molecule has 1 aromatic heterocycles. The lowest BCUT2D eigenvalue weighted by atomic mass is 10.0. The van der Waals surface area contributed by atoms with Crippen LogP contribution in [0.1, 0.15) is 5.56 Å². The number of nitrogens with zero attached hydrogens (tertiary/aromatic N) is 1. The van der Waals surface area contributed by atoms with E-state index in [4.69, 9.17) is 15.6 Å². The van der Waals surface area contributed by atoms with Gasteiger partial charge in [0.25, 0.3) is 0 Å². The summed E-state index contributed by atoms with van der Waals surface area (Å²) >= 11 is 0. The topological polar surface area (TPSA) is 85.4 Å². The van der Waals surface area contributed by atoms with Gasteiger partial charge in [-0.15, -0.1) is 0 Å². The number of fused-ring (bicyclic) bond motifs is 1. The Morgan fingerprint density at radius 2 is 2.28 bits per heavy atom. The first-order chi connectivity index (χ1) is 8.61. The fourth-order valence-electron chi connectivity index (χ4n) is 1.82. The first-order valence-electron chi connectivity index (χ1n) is 5.52. The van der Waals surface area contributed by atoms with Gasteiger partial charge in [0.2, 0.25) is 5.88 Å². The number of carbonyl (C=O) groups is 1. The molecule has 0 saturated carbocycles. The minimum atomic E-state index is -1.01. The van der Waals surface area contributed by atoms with Crippen molar-refractivity contribution < 1.29 is 14.6 Å². The maximum Gasteiger partial charge on any atom is 0.320 e. The second-order valence-corrected chi connectivity index (χ2v) is 4.02. The van der Waals surface area contributed by atoms with Gasteiger partial charge in [0, 0.05) is 11.6 Å². The lowest BCUT2D eigenvalue weighted by Gasteiger charge is -2.09. The second-order valence-electron chi connectivity index (χ2n) is 4.02. The molecule has 0 fully saturated rings. The first kappa shape index (κ1) is 12.3. The third kappa shape index (κ3) is 2.41. The van der Waals surface area contributed by atoms with Gasteiger partial charge in [-0.25, -0.2) is 4.98 Å². The molecule has 0 amide bonds. The van der Waals surface area contributed by atoms with E-state index in [0.717, 1.165) is 16.3 Å². The van der Waals surface area contributed by atoms with E-state index in [1.165, 1.54) is 0 Å². The van der Waals surface area contributed by atoms with Crippen molar-refractivity contribution in [2.75, 3.05) is 7.11 Å². The minimum Gasteiger partial charge on any atom is -0.481 e. The molecule has 94 valence electrons. The van der Waals surface area contributed by atoms with E-state index >= 15 is 0 Å². The highest BCUT2D eigenvalue weighted by Gasteiger charge is 2.13. The van der Waals surface area contributed by atoms with Crippen molar-refractivity contribution in [3.8, 4) is 5.88 Å². The maximum atomic E-state index is 10.7. The minimum absolute atomic E-state index is 0.281. The molecule has 0 radical (unpaired) electrons. The number of nitrogens with two attached hydrogens (primary N) is 1. The van der Waals surface area contributed by atoms with Gasteiger partial charge in [-0.3, -0.25) is 4.79 Å². The number of hydrogen-bond donors (Lipinski definition) is 2. The molecule has 2 rings (SSSR count). The number of benzene rings is 1. The zero-order chi connectivity index (χ0) is 13.1. The molecule has 5 nitrogen and oxygen atoms in total. The highest BCUT2D eigenvalue weighted by molar-refractivity contribution is 5.87. The second kappa shape index (κ2) is 5.01. The van der Waals surface area contributed by atoms with Crippen LogP contribution in [0.5, 0.6) is 5.88 Å². The summed E-state index contributed by atoms with van der Waals surface area (Å²) in [6.07, 6.45) is 1.95. The van der Waals surface area contributed by atoms with Crippen molar-refractivity contribution in [3.05, 3.63) is 36.0 Å². The molecular formula is C13H14N2O3. The normalized spacial score (nSPS) is 12.3. The zero-order valence-electron chi connectivity index (χ0n) is 9.96. The van der Waals surface area contributed by atoms with Crippen LogP contribution in [0.15, 0.2) is 30.5 Å². The van der Waals surface area contributed by atoms with Crippen LogP contribution >= 0.6 is 0 Å². The number of carboxylic acids is 1. The molecule has 18 heavy (non-hydrogen) atoms. The highest BCUT2D eigenvalue weighted by Crippen LogP contribution is 2.24. The molecule has 1 aromatic carbocycles. The average Bonchev–Trinajstić information content (AvgIpc) is 2.37. The van der Waals surface area contributed by atoms with Crippen molar-refractivity contribution in [3.63, 3.8) is 0 Å². The predicted molar refractivity (Wildman–Crippen MR) is 67.6 cm³/mol. The van der Waals surface area contributed by atoms with Gasteiger partial charge in [-0.1, -0.05) is 12.1 Å². The van der Waals surface area contributed by atoms with Crippen molar-refractivity contribution in [1.82, 2.24) is 4.98 Å². The van der Waals surface area contributed by atoms with Gasteiger partial charge in [-0.05, 0) is 29.5 Å². The Morgan fingerprint density at radius 3 is 2.94 bits per heavy atom. The van der Waals surface area contributed by atoms with Crippen LogP contribution in [0.25, 0.3) is 10.8 Å². The van der Waals surface area contributed by atoms with E-state index in [-0.39, 0.29) is 6.42 Å². The number of methoxy groups -OCH3 is 1. The lowest BCUT2D eigenvalue weighted by molar-refractivity contribution is -0.138. The number of ether oxygens (including phenoxy) is 1. The van der Waals surface area contributed by atoms with Crippen LogP contribution in [0.4, 0.5) is 0 Å². The molecule has 1 heterocycles. The number of hydrogen-bond acceptors (Lipinski definition) is 4. The molecule has 0 spiro atoms. The predicted octanol–water partition coefficient (Wildman–Crippen LogP) is 1.20. The quantitative estimate of drug-likeness (QED) is 0.846. The Labute approximate surface area is 104 Å². The van der Waals surface area contributed by atoms with E-state index < -0.39 is 12.0 Å². The van der Waals surface area contributed by atoms with Crippen molar-refractivity contribution in [1.29, 1.82) is 0 Å². The summed E-state index contributed by atoms with van der Waals surface area (Å²) in [6, 6.07) is 6.61. The molecule has 1 atom stereocenters. The van der Waals surface area contributed by atoms with E-state index in [0.29, 0.717) is 5.88 Å². The number of aliphatic carboxylic acids is 1. The Kier molecular flexibility index (Phi) is 3.43. The Hall–Kier alpha value is -2.14. The summed E-state index contributed by atoms with van der Waals surface area (Å²) in [5.41, 5.74) is 6.37. The van der Waals surface area contributed by atoms with Crippen LogP contribution < -0.4 is 10.5 Å². The fourth-order valence-corrected chi connectivity index (χ4v) is 1.82. The van der Waals surface area contributed by atoms with E-state index in [1.54, 1.807) is 13.3 Å². The standard InChI is InChI=1S/C13H14N2O3/c1-18-12-10-6-8(7-11(14)13(16)17)2-3-9(10)4-5-15-12/h2-6,11H,7,14H2,1H3,(H,16,17). The monoisotopic (exact) mass is 246 g/mol. The Bertz CT molecular complexity index is 583. The maximum absolute atomic E-state index is 10.7. The SMILES string of the molecule is COc1nccc2ccc(CC(N)C(=O)O)cc12. The summed E-state index contributed by atoms with van der Waals surface area (Å²) in [6.45, 7) is 0. The summed E-state index contributed by atoms with van der Waals surface area (Å²) in [4.78, 5) is 14.8. The van der Waals surface area contributed by atoms with Crippen LogP contribution in [0, 0.1) is 0 Å². The summed E-state index contributed by atoms with van der Waals surface area (Å²) < 4.78 is 5.18. The Morgan fingerprint density at radius 1 is 1.50 bits per heavy atom. The van der Waals surface area contributed by atoms with Gasteiger partial charge in [0.15, 0.2) is 0 Å². The summed E-state index contributed by atoms with van der Waals surface area (Å²) in [5, 5.41) is 10.6. The summed E-state index contributed by atoms with van der Waals surface area (Å²) in [5.74, 6) is -0.480. The number of carboxylic acid groups (broad SMARTS) is 1. The molecule has 0 aliphatic rings. The molecule has 3 N–H and O–H groups in total. The Balaban J connectivity index is 2.40. The van der Waals surface area contributed by atoms with E-state index in [2.05, 4.69) is 4.98 Å². The molecule has 0 aliphatic carbocycles. The molecule has 0 saturated heterocycles.